The molecule has 0 aromatic heterocycles. The first-order chi connectivity index (χ1) is 20.7. The van der Waals surface area contributed by atoms with E-state index < -0.39 is 70.5 Å². The Morgan fingerprint density at radius 3 is 2.04 bits per heavy atom. The van der Waals surface area contributed by atoms with E-state index in [1.165, 1.54) is 4.90 Å². The van der Waals surface area contributed by atoms with Gasteiger partial charge in [-0.25, -0.2) is 9.59 Å². The van der Waals surface area contributed by atoms with Gasteiger partial charge in [-0.3, -0.25) is 19.2 Å². The molecule has 4 fully saturated rings. The van der Waals surface area contributed by atoms with Gasteiger partial charge in [0.25, 0.3) is 5.91 Å². The third kappa shape index (κ3) is 7.78. The van der Waals surface area contributed by atoms with E-state index in [0.29, 0.717) is 32.6 Å². The molecule has 2 heterocycles. The maximum atomic E-state index is 14.2. The largest absolute Gasteiger partial charge is 0.458 e. The van der Waals surface area contributed by atoms with E-state index in [-0.39, 0.29) is 29.3 Å². The molecule has 252 valence electrons. The van der Waals surface area contributed by atoms with E-state index >= 15 is 0 Å². The van der Waals surface area contributed by atoms with Gasteiger partial charge in [-0.05, 0) is 40.4 Å². The highest BCUT2D eigenvalue weighted by Crippen LogP contribution is 2.65. The molecule has 13 heteroatoms. The average molecular weight is 634 g/mol. The number of carbonyl (C=O) groups excluding carboxylic acids is 6. The summed E-state index contributed by atoms with van der Waals surface area (Å²) in [6.07, 6.45) is 2.34. The molecule has 4 rings (SSSR count). The van der Waals surface area contributed by atoms with Crippen molar-refractivity contribution in [1.29, 1.82) is 0 Å². The molecule has 0 aromatic rings. The predicted molar refractivity (Wildman–Crippen MR) is 163 cm³/mol. The van der Waals surface area contributed by atoms with E-state index in [2.05, 4.69) is 16.0 Å². The summed E-state index contributed by atoms with van der Waals surface area (Å²) in [5.41, 5.74) is 3.62. The number of nitrogens with two attached hydrogens (primary N) is 1. The van der Waals surface area contributed by atoms with E-state index in [4.69, 9.17) is 15.2 Å². The minimum Gasteiger partial charge on any atom is -0.458 e. The smallest absolute Gasteiger partial charge is 0.329 e. The molecule has 2 aliphatic carbocycles. The van der Waals surface area contributed by atoms with Crippen LogP contribution in [0.4, 0.5) is 4.79 Å². The van der Waals surface area contributed by atoms with Crippen LogP contribution in [0.25, 0.3) is 0 Å². The molecule has 2 saturated heterocycles. The summed E-state index contributed by atoms with van der Waals surface area (Å²) < 4.78 is 10.9. The first-order valence-electron chi connectivity index (χ1n) is 16.0. The molecule has 0 spiro atoms. The number of esters is 1. The molecule has 0 bridgehead atoms. The van der Waals surface area contributed by atoms with Crippen molar-refractivity contribution in [1.82, 2.24) is 20.9 Å². The van der Waals surface area contributed by atoms with E-state index in [9.17, 15) is 28.8 Å². The number of nitrogens with one attached hydrogen (secondary N) is 3. The minimum absolute atomic E-state index is 0.0555. The molecule has 0 radical (unpaired) electrons. The first kappa shape index (κ1) is 34.6. The maximum Gasteiger partial charge on any atom is 0.329 e. The fourth-order valence-electron chi connectivity index (χ4n) is 6.75. The third-order valence-electron chi connectivity index (χ3n) is 9.84. The Labute approximate surface area is 265 Å². The molecule has 2 saturated carbocycles. The van der Waals surface area contributed by atoms with Crippen LogP contribution in [-0.4, -0.2) is 90.4 Å². The number of likely N-dealkylation sites (tertiary alicyclic amines) is 1. The summed E-state index contributed by atoms with van der Waals surface area (Å²) in [4.78, 5) is 80.4. The number of rotatable bonds is 11. The topological polar surface area (TPSA) is 186 Å². The van der Waals surface area contributed by atoms with Crippen molar-refractivity contribution in [2.45, 2.75) is 111 Å². The molecule has 2 aliphatic heterocycles. The fourth-order valence-corrected chi connectivity index (χ4v) is 6.75. The second-order valence-corrected chi connectivity index (χ2v) is 16.0. The Morgan fingerprint density at radius 1 is 0.933 bits per heavy atom. The van der Waals surface area contributed by atoms with Gasteiger partial charge in [0.1, 0.15) is 24.2 Å². The molecular weight excluding hydrogens is 582 g/mol. The lowest BCUT2D eigenvalue weighted by Crippen LogP contribution is -2.62. The number of hydrogen-bond donors (Lipinski definition) is 4. The van der Waals surface area contributed by atoms with Gasteiger partial charge >= 0.3 is 12.0 Å². The zero-order chi connectivity index (χ0) is 33.6. The van der Waals surface area contributed by atoms with Crippen molar-refractivity contribution >= 4 is 35.5 Å². The Hall–Kier alpha value is -3.22. The number of piperidine rings is 1. The van der Waals surface area contributed by atoms with Crippen LogP contribution in [0.5, 0.6) is 0 Å². The number of urea groups is 1. The van der Waals surface area contributed by atoms with Crippen LogP contribution in [0.3, 0.4) is 0 Å². The number of hydrogen-bond acceptors (Lipinski definition) is 8. The lowest BCUT2D eigenvalue weighted by molar-refractivity contribution is -0.154. The monoisotopic (exact) mass is 633 g/mol. The summed E-state index contributed by atoms with van der Waals surface area (Å²) in [6.45, 7) is 16.0. The molecule has 7 atom stereocenters. The molecule has 13 nitrogen and oxygen atoms in total. The van der Waals surface area contributed by atoms with Crippen molar-refractivity contribution in [2.75, 3.05) is 19.8 Å². The van der Waals surface area contributed by atoms with Crippen LogP contribution in [0, 0.1) is 34.0 Å². The van der Waals surface area contributed by atoms with Crippen LogP contribution in [-0.2, 0) is 33.4 Å². The highest BCUT2D eigenvalue weighted by molar-refractivity contribution is 6.37. The number of ketones is 1. The highest BCUT2D eigenvalue weighted by Gasteiger charge is 2.70. The first-order valence-corrected chi connectivity index (χ1v) is 16.0. The number of nitrogens with zero attached hydrogens (tertiary/aromatic N) is 1. The van der Waals surface area contributed by atoms with Crippen molar-refractivity contribution < 1.29 is 38.2 Å². The number of ether oxygens (including phenoxy) is 2. The normalized spacial score (nSPS) is 27.4. The number of carbonyl (C=O) groups is 6. The number of primary amides is 1. The summed E-state index contributed by atoms with van der Waals surface area (Å²) in [5, 5.41) is 8.25. The number of Topliss-reactive ketones (excluding diaryl/α,β-unsaturated/α-hetero) is 1. The Kier molecular flexibility index (Phi) is 9.64. The Bertz CT molecular complexity index is 1210. The second-order valence-electron chi connectivity index (χ2n) is 16.0. The summed E-state index contributed by atoms with van der Waals surface area (Å²) in [5.74, 6) is -3.36. The number of fused-ring (bicyclic) bond motifs is 1. The van der Waals surface area contributed by atoms with Crippen LogP contribution in [0.15, 0.2) is 0 Å². The summed E-state index contributed by atoms with van der Waals surface area (Å²) in [7, 11) is 0. The summed E-state index contributed by atoms with van der Waals surface area (Å²) in [6, 6.07) is -4.71. The predicted octanol–water partition coefficient (Wildman–Crippen LogP) is 1.27. The van der Waals surface area contributed by atoms with Crippen molar-refractivity contribution in [3.8, 4) is 0 Å². The standard InChI is InChI=1S/C32H51N5O8/c1-30(2,3)23(35-29(43)36-24(31(4,5)6)28(42)45-17-11-12-44-15-17)27(41)37-14-18-20(32(18,7)8)21(37)26(40)34-19(13-16-9-10-16)22(38)25(33)39/h16-21,23-24H,9-15H2,1-8H3,(H2,33,39)(H,34,40)(H2,35,36,43)/t17?,18-,19?,20-,21-,23+,24+/m0/s1. The summed E-state index contributed by atoms with van der Waals surface area (Å²) >= 11 is 0. The van der Waals surface area contributed by atoms with Crippen LogP contribution in [0.2, 0.25) is 0 Å². The van der Waals surface area contributed by atoms with E-state index in [1.807, 2.05) is 13.8 Å². The molecule has 5 N–H and O–H groups in total. The van der Waals surface area contributed by atoms with Crippen LogP contribution in [0.1, 0.15) is 81.1 Å². The molecule has 0 aromatic carbocycles. The van der Waals surface area contributed by atoms with Gasteiger partial charge < -0.3 is 36.1 Å². The lowest BCUT2D eigenvalue weighted by Gasteiger charge is -2.38. The SMILES string of the molecule is CC(C)(C)[C@H](NC(=O)N[C@H](C(=O)N1C[C@H]2[C@@H]([C@H]1C(=O)NC(CC1CC1)C(=O)C(N)=O)C2(C)C)C(C)(C)C)C(=O)OC1CCOC1. The van der Waals surface area contributed by atoms with E-state index in [1.54, 1.807) is 41.5 Å². The Balaban J connectivity index is 1.51. The van der Waals surface area contributed by atoms with Crippen LogP contribution < -0.4 is 21.7 Å². The van der Waals surface area contributed by atoms with Crippen LogP contribution >= 0.6 is 0 Å². The molecule has 2 unspecified atom stereocenters. The van der Waals surface area contributed by atoms with Crippen molar-refractivity contribution in [3.63, 3.8) is 0 Å². The molecule has 45 heavy (non-hydrogen) atoms. The molecule has 4 aliphatic rings. The number of amides is 5. The second kappa shape index (κ2) is 12.5. The molecule has 5 amide bonds. The average Bonchev–Trinajstić information content (AvgIpc) is 3.63. The van der Waals surface area contributed by atoms with Gasteiger partial charge in [0.2, 0.25) is 17.6 Å². The zero-order valence-electron chi connectivity index (χ0n) is 27.9. The van der Waals surface area contributed by atoms with Crippen molar-refractivity contribution in [3.05, 3.63) is 0 Å². The van der Waals surface area contributed by atoms with Gasteiger partial charge in [-0.2, -0.15) is 0 Å². The van der Waals surface area contributed by atoms with Gasteiger partial charge in [0.15, 0.2) is 0 Å². The van der Waals surface area contributed by atoms with Gasteiger partial charge in [-0.15, -0.1) is 0 Å². The molecular formula is C32H51N5O8. The zero-order valence-corrected chi connectivity index (χ0v) is 27.9. The van der Waals surface area contributed by atoms with Gasteiger partial charge in [0, 0.05) is 13.0 Å². The van der Waals surface area contributed by atoms with Gasteiger partial charge in [0.05, 0.1) is 19.3 Å². The van der Waals surface area contributed by atoms with E-state index in [0.717, 1.165) is 12.8 Å². The maximum absolute atomic E-state index is 14.2. The minimum atomic E-state index is -1.11. The quantitative estimate of drug-likeness (QED) is 0.193. The highest BCUT2D eigenvalue weighted by atomic mass is 16.6. The lowest BCUT2D eigenvalue weighted by atomic mass is 9.85. The van der Waals surface area contributed by atoms with Gasteiger partial charge in [-0.1, -0.05) is 68.2 Å². The third-order valence-corrected chi connectivity index (χ3v) is 9.84. The Morgan fingerprint density at radius 2 is 1.53 bits per heavy atom. The van der Waals surface area contributed by atoms with Crippen molar-refractivity contribution in [2.24, 2.45) is 39.7 Å². The fraction of sp³-hybridized carbons (Fsp3) is 0.812.